The molecule has 0 aromatic heterocycles. The Morgan fingerprint density at radius 2 is 1.87 bits per heavy atom. The first-order chi connectivity index (χ1) is 7.34. The molecule has 15 heavy (non-hydrogen) atoms. The van der Waals surface area contributed by atoms with E-state index in [4.69, 9.17) is 0 Å². The van der Waals surface area contributed by atoms with Crippen LogP contribution < -0.4 is 0 Å². The molecule has 3 rings (SSSR count). The van der Waals surface area contributed by atoms with E-state index in [0.29, 0.717) is 0 Å². The highest BCUT2D eigenvalue weighted by Gasteiger charge is 2.41. The van der Waals surface area contributed by atoms with Crippen LogP contribution in [0.1, 0.15) is 24.3 Å². The maximum absolute atomic E-state index is 2.50. The summed E-state index contributed by atoms with van der Waals surface area (Å²) < 4.78 is 0. The standard InChI is InChI=1S/C14H19N/c1-15-9-12-7-8-13(14(12)10-15)11-5-3-2-4-6-11/h2-6,12-14H,7-10H2,1H3/t12-,13-,14+/m0/s1. The molecule has 0 bridgehead atoms. The van der Waals surface area contributed by atoms with E-state index in [2.05, 4.69) is 42.3 Å². The summed E-state index contributed by atoms with van der Waals surface area (Å²) in [6.45, 7) is 2.64. The normalized spacial score (nSPS) is 35.7. The first-order valence-electron chi connectivity index (χ1n) is 6.08. The number of likely N-dealkylation sites (tertiary alicyclic amines) is 1. The van der Waals surface area contributed by atoms with Crippen molar-refractivity contribution in [2.24, 2.45) is 11.8 Å². The van der Waals surface area contributed by atoms with Crippen LogP contribution in [0, 0.1) is 11.8 Å². The van der Waals surface area contributed by atoms with Crippen molar-refractivity contribution in [1.29, 1.82) is 0 Å². The van der Waals surface area contributed by atoms with Crippen molar-refractivity contribution in [1.82, 2.24) is 4.90 Å². The smallest absolute Gasteiger partial charge is 0.00157 e. The average molecular weight is 201 g/mol. The minimum absolute atomic E-state index is 0.834. The highest BCUT2D eigenvalue weighted by Crippen LogP contribution is 2.46. The highest BCUT2D eigenvalue weighted by atomic mass is 15.1. The summed E-state index contributed by atoms with van der Waals surface area (Å²) in [4.78, 5) is 2.50. The summed E-state index contributed by atoms with van der Waals surface area (Å²) in [6, 6.07) is 11.1. The van der Waals surface area contributed by atoms with E-state index >= 15 is 0 Å². The summed E-state index contributed by atoms with van der Waals surface area (Å²) in [5.74, 6) is 2.73. The van der Waals surface area contributed by atoms with Crippen LogP contribution in [0.3, 0.4) is 0 Å². The van der Waals surface area contributed by atoms with Gasteiger partial charge < -0.3 is 4.90 Å². The average Bonchev–Trinajstić information content (AvgIpc) is 2.77. The van der Waals surface area contributed by atoms with Gasteiger partial charge in [-0.05, 0) is 43.2 Å². The van der Waals surface area contributed by atoms with Gasteiger partial charge >= 0.3 is 0 Å². The number of hydrogen-bond donors (Lipinski definition) is 0. The lowest BCUT2D eigenvalue weighted by Gasteiger charge is -2.19. The van der Waals surface area contributed by atoms with E-state index in [1.54, 1.807) is 5.56 Å². The zero-order chi connectivity index (χ0) is 10.3. The molecule has 1 nitrogen and oxygen atoms in total. The minimum Gasteiger partial charge on any atom is -0.306 e. The maximum atomic E-state index is 2.50. The third-order valence-electron chi connectivity index (χ3n) is 4.27. The van der Waals surface area contributed by atoms with Crippen molar-refractivity contribution >= 4 is 0 Å². The van der Waals surface area contributed by atoms with Crippen LogP contribution in [-0.4, -0.2) is 25.0 Å². The zero-order valence-electron chi connectivity index (χ0n) is 9.39. The minimum atomic E-state index is 0.834. The van der Waals surface area contributed by atoms with Gasteiger partial charge in [-0.2, -0.15) is 0 Å². The van der Waals surface area contributed by atoms with Gasteiger partial charge in [-0.25, -0.2) is 0 Å². The Kier molecular flexibility index (Phi) is 2.28. The maximum Gasteiger partial charge on any atom is 0.00157 e. The predicted octanol–water partition coefficient (Wildman–Crippen LogP) is 2.74. The van der Waals surface area contributed by atoms with Gasteiger partial charge in [0, 0.05) is 13.1 Å². The molecule has 1 aliphatic heterocycles. The Morgan fingerprint density at radius 1 is 1.07 bits per heavy atom. The van der Waals surface area contributed by atoms with E-state index in [1.807, 2.05) is 0 Å². The van der Waals surface area contributed by atoms with E-state index in [9.17, 15) is 0 Å². The lowest BCUT2D eigenvalue weighted by atomic mass is 9.87. The highest BCUT2D eigenvalue weighted by molar-refractivity contribution is 5.22. The second-order valence-corrected chi connectivity index (χ2v) is 5.24. The Balaban J connectivity index is 1.84. The molecule has 0 amide bonds. The van der Waals surface area contributed by atoms with E-state index in [1.165, 1.54) is 25.9 Å². The molecular formula is C14H19N. The zero-order valence-corrected chi connectivity index (χ0v) is 9.39. The molecule has 1 heteroatoms. The van der Waals surface area contributed by atoms with E-state index in [-0.39, 0.29) is 0 Å². The molecule has 1 aromatic carbocycles. The Labute approximate surface area is 92.1 Å². The third kappa shape index (κ3) is 1.59. The van der Waals surface area contributed by atoms with Crippen LogP contribution in [0.4, 0.5) is 0 Å². The molecule has 2 fully saturated rings. The fraction of sp³-hybridized carbons (Fsp3) is 0.571. The Bertz CT molecular complexity index is 332. The topological polar surface area (TPSA) is 3.24 Å². The fourth-order valence-electron chi connectivity index (χ4n) is 3.60. The fourth-order valence-corrected chi connectivity index (χ4v) is 3.60. The molecule has 80 valence electrons. The van der Waals surface area contributed by atoms with Crippen molar-refractivity contribution in [2.45, 2.75) is 18.8 Å². The number of rotatable bonds is 1. The van der Waals surface area contributed by atoms with Gasteiger partial charge in [0.25, 0.3) is 0 Å². The predicted molar refractivity (Wildman–Crippen MR) is 62.9 cm³/mol. The van der Waals surface area contributed by atoms with Crippen LogP contribution in [0.25, 0.3) is 0 Å². The molecule has 0 radical (unpaired) electrons. The lowest BCUT2D eigenvalue weighted by Crippen LogP contribution is -2.17. The molecule has 1 saturated heterocycles. The summed E-state index contributed by atoms with van der Waals surface area (Å²) in [6.07, 6.45) is 2.85. The van der Waals surface area contributed by atoms with Crippen molar-refractivity contribution in [3.05, 3.63) is 35.9 Å². The third-order valence-corrected chi connectivity index (χ3v) is 4.27. The molecule has 0 spiro atoms. The Hall–Kier alpha value is -0.820. The van der Waals surface area contributed by atoms with Gasteiger partial charge in [0.15, 0.2) is 0 Å². The monoisotopic (exact) mass is 201 g/mol. The molecule has 0 unspecified atom stereocenters. The van der Waals surface area contributed by atoms with Gasteiger partial charge in [-0.3, -0.25) is 0 Å². The van der Waals surface area contributed by atoms with Crippen LogP contribution in [-0.2, 0) is 0 Å². The summed E-state index contributed by atoms with van der Waals surface area (Å²) >= 11 is 0. The van der Waals surface area contributed by atoms with E-state index < -0.39 is 0 Å². The summed E-state index contributed by atoms with van der Waals surface area (Å²) in [5, 5.41) is 0. The van der Waals surface area contributed by atoms with Crippen molar-refractivity contribution in [2.75, 3.05) is 20.1 Å². The van der Waals surface area contributed by atoms with Gasteiger partial charge in [0.2, 0.25) is 0 Å². The molecule has 2 aliphatic rings. The second-order valence-electron chi connectivity index (χ2n) is 5.24. The van der Waals surface area contributed by atoms with Gasteiger partial charge in [0.1, 0.15) is 0 Å². The second kappa shape index (κ2) is 3.64. The molecule has 1 aromatic rings. The van der Waals surface area contributed by atoms with Crippen molar-refractivity contribution < 1.29 is 0 Å². The first kappa shape index (κ1) is 9.41. The van der Waals surface area contributed by atoms with E-state index in [0.717, 1.165) is 17.8 Å². The summed E-state index contributed by atoms with van der Waals surface area (Å²) in [7, 11) is 2.26. The number of fused-ring (bicyclic) bond motifs is 1. The Morgan fingerprint density at radius 3 is 2.67 bits per heavy atom. The first-order valence-corrected chi connectivity index (χ1v) is 6.08. The van der Waals surface area contributed by atoms with Crippen molar-refractivity contribution in [3.63, 3.8) is 0 Å². The molecule has 3 atom stereocenters. The van der Waals surface area contributed by atoms with Gasteiger partial charge in [0.05, 0.1) is 0 Å². The quantitative estimate of drug-likeness (QED) is 0.675. The lowest BCUT2D eigenvalue weighted by molar-refractivity contribution is 0.369. The molecule has 1 aliphatic carbocycles. The molecule has 1 heterocycles. The number of nitrogens with zero attached hydrogens (tertiary/aromatic N) is 1. The van der Waals surface area contributed by atoms with Crippen LogP contribution in [0.2, 0.25) is 0 Å². The van der Waals surface area contributed by atoms with Gasteiger partial charge in [-0.1, -0.05) is 30.3 Å². The SMILES string of the molecule is CN1C[C@@H]2CC[C@@H](c3ccccc3)[C@@H]2C1. The number of hydrogen-bond acceptors (Lipinski definition) is 1. The van der Waals surface area contributed by atoms with Crippen LogP contribution in [0.5, 0.6) is 0 Å². The molecule has 0 N–H and O–H groups in total. The molecule has 1 saturated carbocycles. The van der Waals surface area contributed by atoms with Crippen LogP contribution in [0.15, 0.2) is 30.3 Å². The largest absolute Gasteiger partial charge is 0.306 e. The van der Waals surface area contributed by atoms with Crippen LogP contribution >= 0.6 is 0 Å². The molecular weight excluding hydrogens is 182 g/mol. The van der Waals surface area contributed by atoms with Gasteiger partial charge in [-0.15, -0.1) is 0 Å². The van der Waals surface area contributed by atoms with Crippen molar-refractivity contribution in [3.8, 4) is 0 Å². The summed E-state index contributed by atoms with van der Waals surface area (Å²) in [5.41, 5.74) is 1.57. The number of benzene rings is 1.